The van der Waals surface area contributed by atoms with Crippen LogP contribution in [0, 0.1) is 17.0 Å². The fourth-order valence-electron chi connectivity index (χ4n) is 1.59. The molecule has 0 saturated carbocycles. The first-order chi connectivity index (χ1) is 9.97. The molecule has 1 aromatic heterocycles. The summed E-state index contributed by atoms with van der Waals surface area (Å²) in [4.78, 5) is 37.1. The highest BCUT2D eigenvalue weighted by molar-refractivity contribution is 5.80. The minimum absolute atomic E-state index is 0.0301. The molecule has 0 atom stereocenters. The fourth-order valence-corrected chi connectivity index (χ4v) is 1.59. The van der Waals surface area contributed by atoms with Gasteiger partial charge >= 0.3 is 5.69 Å². The van der Waals surface area contributed by atoms with Gasteiger partial charge in [0.2, 0.25) is 0 Å². The molecule has 0 aliphatic heterocycles. The maximum absolute atomic E-state index is 11.6. The van der Waals surface area contributed by atoms with Crippen LogP contribution in [0.4, 0.5) is 11.4 Å². The molecule has 0 fully saturated rings. The van der Waals surface area contributed by atoms with E-state index in [0.29, 0.717) is 11.4 Å². The van der Waals surface area contributed by atoms with Crippen molar-refractivity contribution in [3.8, 4) is 0 Å². The molecule has 0 aliphatic rings. The van der Waals surface area contributed by atoms with Gasteiger partial charge in [-0.25, -0.2) is 4.79 Å². The maximum Gasteiger partial charge on any atom is 0.325 e. The predicted molar refractivity (Wildman–Crippen MR) is 76.7 cm³/mol. The van der Waals surface area contributed by atoms with E-state index in [1.54, 1.807) is 6.92 Å². The number of hydrogen-bond acceptors (Lipinski definition) is 6. The maximum atomic E-state index is 11.6. The number of anilines is 1. The summed E-state index contributed by atoms with van der Waals surface area (Å²) in [6.07, 6.45) is 1.26. The standard InChI is InChI=1S/C12H11N5O4/c1-7-10(11(18)15-12(19)14-7)6-13-16-8-2-4-9(5-3-8)17(20)21/h2-6,16H,1H3,(H2,14,15,18,19)/b13-6+. The number of aromatic nitrogens is 2. The van der Waals surface area contributed by atoms with Crippen LogP contribution in [0.25, 0.3) is 0 Å². The molecular weight excluding hydrogens is 278 g/mol. The van der Waals surface area contributed by atoms with Crippen molar-refractivity contribution in [3.63, 3.8) is 0 Å². The summed E-state index contributed by atoms with van der Waals surface area (Å²) in [5.41, 5.74) is 2.59. The van der Waals surface area contributed by atoms with Crippen molar-refractivity contribution >= 4 is 17.6 Å². The molecule has 0 spiro atoms. The Morgan fingerprint density at radius 2 is 1.90 bits per heavy atom. The summed E-state index contributed by atoms with van der Waals surface area (Å²) in [5.74, 6) is 0. The molecule has 9 heteroatoms. The van der Waals surface area contributed by atoms with E-state index in [1.165, 1.54) is 30.5 Å². The lowest BCUT2D eigenvalue weighted by Gasteiger charge is -2.00. The van der Waals surface area contributed by atoms with E-state index in [0.717, 1.165) is 0 Å². The largest absolute Gasteiger partial charge is 0.325 e. The molecular formula is C12H11N5O4. The van der Waals surface area contributed by atoms with Gasteiger partial charge in [0.1, 0.15) is 0 Å². The number of non-ortho nitro benzene ring substituents is 1. The number of rotatable bonds is 4. The Hall–Kier alpha value is -3.23. The second-order valence-corrected chi connectivity index (χ2v) is 4.12. The van der Waals surface area contributed by atoms with Crippen LogP contribution in [0.5, 0.6) is 0 Å². The van der Waals surface area contributed by atoms with Crippen LogP contribution in [0.2, 0.25) is 0 Å². The second-order valence-electron chi connectivity index (χ2n) is 4.12. The van der Waals surface area contributed by atoms with Gasteiger partial charge < -0.3 is 4.98 Å². The molecule has 0 saturated heterocycles. The molecule has 108 valence electrons. The van der Waals surface area contributed by atoms with E-state index in [-0.39, 0.29) is 11.3 Å². The monoisotopic (exact) mass is 289 g/mol. The number of benzene rings is 1. The third-order valence-corrected chi connectivity index (χ3v) is 2.64. The Morgan fingerprint density at radius 3 is 2.48 bits per heavy atom. The van der Waals surface area contributed by atoms with Gasteiger partial charge in [0, 0.05) is 17.8 Å². The van der Waals surface area contributed by atoms with Crippen molar-refractivity contribution < 1.29 is 4.92 Å². The third-order valence-electron chi connectivity index (χ3n) is 2.64. The number of aromatic amines is 2. The zero-order valence-corrected chi connectivity index (χ0v) is 10.9. The summed E-state index contributed by atoms with van der Waals surface area (Å²) in [5, 5.41) is 14.4. The SMILES string of the molecule is Cc1[nH]c(=O)[nH]c(=O)c1/C=N/Nc1ccc([N+](=O)[O-])cc1. The highest BCUT2D eigenvalue weighted by atomic mass is 16.6. The lowest BCUT2D eigenvalue weighted by Crippen LogP contribution is -2.26. The van der Waals surface area contributed by atoms with Crippen molar-refractivity contribution in [2.45, 2.75) is 6.92 Å². The normalized spacial score (nSPS) is 10.7. The molecule has 1 aromatic carbocycles. The molecule has 2 aromatic rings. The van der Waals surface area contributed by atoms with Crippen molar-refractivity contribution in [2.75, 3.05) is 5.43 Å². The first-order valence-electron chi connectivity index (χ1n) is 5.84. The van der Waals surface area contributed by atoms with Gasteiger partial charge in [-0.2, -0.15) is 5.10 Å². The molecule has 0 amide bonds. The quantitative estimate of drug-likeness (QED) is 0.433. The fraction of sp³-hybridized carbons (Fsp3) is 0.0833. The summed E-state index contributed by atoms with van der Waals surface area (Å²) >= 11 is 0. The van der Waals surface area contributed by atoms with Gasteiger partial charge in [0.25, 0.3) is 11.2 Å². The van der Waals surface area contributed by atoms with Crippen LogP contribution < -0.4 is 16.7 Å². The molecule has 21 heavy (non-hydrogen) atoms. The number of nitro groups is 1. The van der Waals surface area contributed by atoms with Crippen LogP contribution in [-0.2, 0) is 0 Å². The molecule has 1 heterocycles. The van der Waals surface area contributed by atoms with E-state index in [2.05, 4.69) is 20.5 Å². The number of hydrazone groups is 1. The van der Waals surface area contributed by atoms with Crippen LogP contribution in [-0.4, -0.2) is 21.1 Å². The summed E-state index contributed by atoms with van der Waals surface area (Å²) in [7, 11) is 0. The zero-order valence-electron chi connectivity index (χ0n) is 10.9. The van der Waals surface area contributed by atoms with Gasteiger partial charge in [0.05, 0.1) is 22.4 Å². The summed E-state index contributed by atoms with van der Waals surface area (Å²) in [6.45, 7) is 1.57. The number of nitrogens with one attached hydrogen (secondary N) is 3. The van der Waals surface area contributed by atoms with Crippen LogP contribution in [0.15, 0.2) is 39.0 Å². The topological polar surface area (TPSA) is 133 Å². The van der Waals surface area contributed by atoms with E-state index in [1.807, 2.05) is 0 Å². The highest BCUT2D eigenvalue weighted by Crippen LogP contribution is 2.15. The number of nitro benzene ring substituents is 1. The number of H-pyrrole nitrogens is 2. The average Bonchev–Trinajstić information content (AvgIpc) is 2.42. The Bertz CT molecular complexity index is 804. The smallest absolute Gasteiger partial charge is 0.311 e. The Morgan fingerprint density at radius 1 is 1.24 bits per heavy atom. The minimum atomic E-state index is -0.585. The van der Waals surface area contributed by atoms with Crippen LogP contribution in [0.3, 0.4) is 0 Å². The van der Waals surface area contributed by atoms with Gasteiger partial charge in [-0.3, -0.25) is 25.3 Å². The van der Waals surface area contributed by atoms with Gasteiger partial charge in [0.15, 0.2) is 0 Å². The molecule has 9 nitrogen and oxygen atoms in total. The van der Waals surface area contributed by atoms with Gasteiger partial charge in [-0.1, -0.05) is 0 Å². The molecule has 0 unspecified atom stereocenters. The van der Waals surface area contributed by atoms with Gasteiger partial charge in [-0.05, 0) is 19.1 Å². The molecule has 0 radical (unpaired) electrons. The summed E-state index contributed by atoms with van der Waals surface area (Å²) in [6, 6.07) is 5.63. The third kappa shape index (κ3) is 3.41. The summed E-state index contributed by atoms with van der Waals surface area (Å²) < 4.78 is 0. The van der Waals surface area contributed by atoms with Crippen LogP contribution in [0.1, 0.15) is 11.3 Å². The first-order valence-corrected chi connectivity index (χ1v) is 5.84. The Kier molecular flexibility index (Phi) is 3.93. The lowest BCUT2D eigenvalue weighted by molar-refractivity contribution is -0.384. The second kappa shape index (κ2) is 5.82. The average molecular weight is 289 g/mol. The Labute approximate surface area is 117 Å². The van der Waals surface area contributed by atoms with Gasteiger partial charge in [-0.15, -0.1) is 0 Å². The van der Waals surface area contributed by atoms with E-state index < -0.39 is 16.2 Å². The predicted octanol–water partition coefficient (Wildman–Crippen LogP) is 0.726. The molecule has 0 aliphatic carbocycles. The Balaban J connectivity index is 2.14. The van der Waals surface area contributed by atoms with Crippen LogP contribution >= 0.6 is 0 Å². The minimum Gasteiger partial charge on any atom is -0.311 e. The number of aryl methyl sites for hydroxylation is 1. The van der Waals surface area contributed by atoms with Crippen molar-refractivity contribution in [1.29, 1.82) is 0 Å². The molecule has 3 N–H and O–H groups in total. The highest BCUT2D eigenvalue weighted by Gasteiger charge is 2.04. The number of nitrogens with zero attached hydrogens (tertiary/aromatic N) is 2. The first kappa shape index (κ1) is 14.2. The van der Waals surface area contributed by atoms with E-state index >= 15 is 0 Å². The molecule has 2 rings (SSSR count). The van der Waals surface area contributed by atoms with Crippen molar-refractivity contribution in [3.05, 3.63) is 66.5 Å². The van der Waals surface area contributed by atoms with Crippen molar-refractivity contribution in [2.24, 2.45) is 5.10 Å². The number of hydrogen-bond donors (Lipinski definition) is 3. The van der Waals surface area contributed by atoms with E-state index in [9.17, 15) is 19.7 Å². The van der Waals surface area contributed by atoms with Crippen molar-refractivity contribution in [1.82, 2.24) is 9.97 Å². The molecule has 0 bridgehead atoms. The van der Waals surface area contributed by atoms with E-state index in [4.69, 9.17) is 0 Å². The zero-order chi connectivity index (χ0) is 15.4. The lowest BCUT2D eigenvalue weighted by atomic mass is 10.2.